The van der Waals surface area contributed by atoms with Gasteiger partial charge >= 0.3 is 0 Å². The molecule has 13 heteroatoms. The fourth-order valence-electron chi connectivity index (χ4n) is 7.40. The highest BCUT2D eigenvalue weighted by Crippen LogP contribution is 2.54. The van der Waals surface area contributed by atoms with Gasteiger partial charge in [0.15, 0.2) is 16.5 Å². The summed E-state index contributed by atoms with van der Waals surface area (Å²) in [6.45, 7) is 0. The van der Waals surface area contributed by atoms with E-state index in [0.29, 0.717) is 11.3 Å². The highest BCUT2D eigenvalue weighted by molar-refractivity contribution is 7.80. The number of aliphatic hydroxyl groups is 3. The van der Waals surface area contributed by atoms with E-state index in [2.05, 4.69) is 10.6 Å². The molecule has 244 valence electrons. The van der Waals surface area contributed by atoms with Gasteiger partial charge in [-0.25, -0.2) is 0 Å². The third kappa shape index (κ3) is 4.80. The number of aromatic hydroxyl groups is 1. The lowest BCUT2D eigenvalue weighted by Gasteiger charge is -2.50. The van der Waals surface area contributed by atoms with Crippen LogP contribution in [0.5, 0.6) is 5.75 Å². The van der Waals surface area contributed by atoms with Gasteiger partial charge in [-0.15, -0.1) is 0 Å². The second kappa shape index (κ2) is 11.4. The number of rotatable bonds is 5. The van der Waals surface area contributed by atoms with Crippen molar-refractivity contribution in [1.82, 2.24) is 4.90 Å². The van der Waals surface area contributed by atoms with Crippen molar-refractivity contribution >= 4 is 68.4 Å². The number of likely N-dealkylation sites (N-methyl/N-ethyl adjacent to an activating group) is 1. The summed E-state index contributed by atoms with van der Waals surface area (Å²) in [6, 6.07) is 14.0. The lowest BCUT2D eigenvalue weighted by atomic mass is 9.57. The minimum Gasteiger partial charge on any atom is -0.508 e. The Hall–Kier alpha value is -4.98. The zero-order valence-electron chi connectivity index (χ0n) is 26.2. The van der Waals surface area contributed by atoms with Crippen LogP contribution in [0.2, 0.25) is 0 Å². The summed E-state index contributed by atoms with van der Waals surface area (Å²) in [5.74, 6) is -7.11. The summed E-state index contributed by atoms with van der Waals surface area (Å²) < 4.78 is 0. The van der Waals surface area contributed by atoms with Gasteiger partial charge < -0.3 is 41.7 Å². The number of ketones is 2. The topological polar surface area (TPSA) is 189 Å². The molecule has 1 amide bonds. The van der Waals surface area contributed by atoms with Crippen molar-refractivity contribution < 1.29 is 34.8 Å². The Kier molecular flexibility index (Phi) is 7.74. The average Bonchev–Trinajstić information content (AvgIpc) is 3.00. The molecule has 47 heavy (non-hydrogen) atoms. The molecule has 3 aromatic carbocycles. The molecule has 3 aliphatic carbocycles. The molecule has 1 fully saturated rings. The molecule has 6 rings (SSSR count). The van der Waals surface area contributed by atoms with Crippen LogP contribution in [0.3, 0.4) is 0 Å². The number of thiocarbonyl (C=S) groups is 1. The van der Waals surface area contributed by atoms with Crippen LogP contribution in [0.25, 0.3) is 16.5 Å². The predicted molar refractivity (Wildman–Crippen MR) is 182 cm³/mol. The summed E-state index contributed by atoms with van der Waals surface area (Å²) in [7, 11) is 6.70. The van der Waals surface area contributed by atoms with Crippen LogP contribution in [-0.4, -0.2) is 87.7 Å². The van der Waals surface area contributed by atoms with Gasteiger partial charge in [-0.3, -0.25) is 19.3 Å². The molecule has 0 bridgehead atoms. The van der Waals surface area contributed by atoms with Crippen molar-refractivity contribution in [2.75, 3.05) is 43.7 Å². The van der Waals surface area contributed by atoms with E-state index >= 15 is 0 Å². The number of aliphatic hydroxyl groups excluding tert-OH is 2. The number of phenols is 1. The third-order valence-corrected chi connectivity index (χ3v) is 9.67. The summed E-state index contributed by atoms with van der Waals surface area (Å²) in [6.07, 6.45) is 0.160. The first kappa shape index (κ1) is 32.0. The van der Waals surface area contributed by atoms with Crippen LogP contribution in [0.4, 0.5) is 17.1 Å². The number of amides is 1. The second-order valence-electron chi connectivity index (χ2n) is 12.6. The predicted octanol–water partition coefficient (Wildman–Crippen LogP) is 2.99. The summed E-state index contributed by atoms with van der Waals surface area (Å²) in [5.41, 5.74) is 3.61. The number of nitrogens with zero attached hydrogens (tertiary/aromatic N) is 2. The van der Waals surface area contributed by atoms with Gasteiger partial charge in [0, 0.05) is 42.3 Å². The number of anilines is 3. The quantitative estimate of drug-likeness (QED) is 0.121. The molecule has 8 N–H and O–H groups in total. The summed E-state index contributed by atoms with van der Waals surface area (Å²) in [5, 5.41) is 54.6. The molecule has 0 heterocycles. The Morgan fingerprint density at radius 3 is 2.32 bits per heavy atom. The van der Waals surface area contributed by atoms with Crippen molar-refractivity contribution in [3.05, 3.63) is 76.6 Å². The molecule has 4 unspecified atom stereocenters. The van der Waals surface area contributed by atoms with Crippen LogP contribution in [0.15, 0.2) is 65.4 Å². The van der Waals surface area contributed by atoms with Gasteiger partial charge in [0.05, 0.1) is 17.3 Å². The van der Waals surface area contributed by atoms with Gasteiger partial charge in [-0.2, -0.15) is 0 Å². The number of hydrogen-bond donors (Lipinski definition) is 7. The Balaban J connectivity index is 1.45. The molecule has 0 spiro atoms. The fourth-order valence-corrected chi connectivity index (χ4v) is 7.62. The first-order chi connectivity index (χ1) is 22.2. The first-order valence-corrected chi connectivity index (χ1v) is 15.4. The molecule has 0 aromatic heterocycles. The molecule has 0 aliphatic heterocycles. The second-order valence-corrected chi connectivity index (χ2v) is 13.0. The Morgan fingerprint density at radius 1 is 1.00 bits per heavy atom. The maximum atomic E-state index is 14.2. The number of fused-ring (bicyclic) bond motifs is 4. The molecule has 0 saturated heterocycles. The standard InChI is InChI=1S/C34H35N5O7S/c1-38(2)22-14-21(37-33(47)36-20-11-7-9-15-8-5-6-10-17(15)20)27(40)24-18(22)12-16-13-19-26(39(3)4)29(42)25(32(35)45)31(44)34(19,46)30(43)23(16)28(24)41/h5-11,14,16,19,26,40-41,44,46H,12-13H2,1-4H3,(H2,35,45)(H2,36,37,47). The van der Waals surface area contributed by atoms with Crippen molar-refractivity contribution in [2.24, 2.45) is 17.6 Å². The normalized spacial score (nSPS) is 23.7. The van der Waals surface area contributed by atoms with E-state index in [0.717, 1.165) is 16.5 Å². The minimum atomic E-state index is -2.72. The number of phenolic OH excluding ortho intramolecular Hbond substituents is 1. The van der Waals surface area contributed by atoms with E-state index in [9.17, 15) is 34.8 Å². The highest BCUT2D eigenvalue weighted by atomic mass is 32.1. The van der Waals surface area contributed by atoms with Crippen molar-refractivity contribution in [3.63, 3.8) is 0 Å². The number of hydrogen-bond acceptors (Lipinski definition) is 10. The smallest absolute Gasteiger partial charge is 0.255 e. The molecule has 12 nitrogen and oxygen atoms in total. The molecule has 1 saturated carbocycles. The number of nitrogens with one attached hydrogen (secondary N) is 2. The molecule has 4 atom stereocenters. The first-order valence-electron chi connectivity index (χ1n) is 14.9. The largest absolute Gasteiger partial charge is 0.508 e. The maximum Gasteiger partial charge on any atom is 0.255 e. The minimum absolute atomic E-state index is 0.00156. The van der Waals surface area contributed by atoms with Crippen molar-refractivity contribution in [2.45, 2.75) is 24.5 Å². The van der Waals surface area contributed by atoms with E-state index in [1.807, 2.05) is 42.5 Å². The Labute approximate surface area is 275 Å². The number of primary amides is 1. The van der Waals surface area contributed by atoms with Crippen LogP contribution in [0.1, 0.15) is 17.5 Å². The molecule has 0 radical (unpaired) electrons. The van der Waals surface area contributed by atoms with Crippen molar-refractivity contribution in [1.29, 1.82) is 0 Å². The van der Waals surface area contributed by atoms with Crippen LogP contribution in [0, 0.1) is 11.8 Å². The van der Waals surface area contributed by atoms with E-state index in [-0.39, 0.29) is 40.5 Å². The van der Waals surface area contributed by atoms with Gasteiger partial charge in [-0.1, -0.05) is 36.4 Å². The lowest BCUT2D eigenvalue weighted by Crippen LogP contribution is -2.65. The molecular weight excluding hydrogens is 622 g/mol. The Bertz CT molecular complexity index is 1960. The summed E-state index contributed by atoms with van der Waals surface area (Å²) in [4.78, 5) is 43.1. The van der Waals surface area contributed by atoms with Crippen LogP contribution < -0.4 is 21.3 Å². The zero-order chi connectivity index (χ0) is 34.1. The SMILES string of the molecule is CN(C)c1cc(NC(=S)Nc2cccc3ccccc23)c(O)c2c1CC1CC3C(N(C)C)C(=O)C(C(N)=O)=C(O)C3(O)C(=O)C1=C2O. The number of benzene rings is 3. The van der Waals surface area contributed by atoms with E-state index < -0.39 is 58.0 Å². The third-order valence-electron chi connectivity index (χ3n) is 9.47. The monoisotopic (exact) mass is 657 g/mol. The van der Waals surface area contributed by atoms with Crippen LogP contribution in [-0.2, 0) is 20.8 Å². The van der Waals surface area contributed by atoms with Gasteiger partial charge in [0.1, 0.15) is 22.8 Å². The molecular formula is C34H35N5O7S. The maximum absolute atomic E-state index is 14.2. The zero-order valence-corrected chi connectivity index (χ0v) is 27.0. The lowest BCUT2D eigenvalue weighted by molar-refractivity contribution is -0.153. The molecule has 3 aromatic rings. The van der Waals surface area contributed by atoms with Gasteiger partial charge in [-0.05, 0) is 68.2 Å². The Morgan fingerprint density at radius 2 is 1.66 bits per heavy atom. The van der Waals surface area contributed by atoms with E-state index in [4.69, 9.17) is 18.0 Å². The van der Waals surface area contributed by atoms with Gasteiger partial charge in [0.2, 0.25) is 5.78 Å². The highest BCUT2D eigenvalue weighted by Gasteiger charge is 2.64. The summed E-state index contributed by atoms with van der Waals surface area (Å²) >= 11 is 5.60. The number of carbonyl (C=O) groups is 3. The van der Waals surface area contributed by atoms with Crippen molar-refractivity contribution in [3.8, 4) is 5.75 Å². The van der Waals surface area contributed by atoms with E-state index in [1.54, 1.807) is 39.2 Å². The van der Waals surface area contributed by atoms with Crippen LogP contribution >= 0.6 is 12.2 Å². The average molecular weight is 658 g/mol. The van der Waals surface area contributed by atoms with E-state index in [1.165, 1.54) is 4.90 Å². The molecule has 3 aliphatic rings. The number of Topliss-reactive ketones (excluding diaryl/α,β-unsaturated/α-hetero) is 2. The number of carbonyl (C=O) groups excluding carboxylic acids is 3. The number of nitrogens with two attached hydrogens (primary N) is 1. The van der Waals surface area contributed by atoms with Gasteiger partial charge in [0.25, 0.3) is 5.91 Å². The fraction of sp³-hybridized carbons (Fsp3) is 0.294.